The minimum Gasteiger partial charge on any atom is -0.349 e. The van der Waals surface area contributed by atoms with Crippen LogP contribution < -0.4 is 5.32 Å². The van der Waals surface area contributed by atoms with Crippen LogP contribution in [0, 0.1) is 5.82 Å². The summed E-state index contributed by atoms with van der Waals surface area (Å²) in [5.74, 6) is -1.04. The number of amides is 1. The van der Waals surface area contributed by atoms with Crippen LogP contribution >= 0.6 is 15.9 Å². The van der Waals surface area contributed by atoms with Crippen molar-refractivity contribution >= 4 is 31.7 Å². The van der Waals surface area contributed by atoms with Gasteiger partial charge < -0.3 is 5.32 Å². The first-order valence-electron chi connectivity index (χ1n) is 5.12. The highest BCUT2D eigenvalue weighted by Gasteiger charge is 2.16. The van der Waals surface area contributed by atoms with Gasteiger partial charge in [0, 0.05) is 16.8 Å². The van der Waals surface area contributed by atoms with Crippen LogP contribution in [0.15, 0.2) is 22.7 Å². The van der Waals surface area contributed by atoms with E-state index in [0.717, 1.165) is 6.26 Å². The van der Waals surface area contributed by atoms with E-state index < -0.39 is 27.6 Å². The Hall–Kier alpha value is -0.950. The minimum atomic E-state index is -3.15. The molecule has 0 aromatic heterocycles. The normalized spacial score (nSPS) is 13.1. The van der Waals surface area contributed by atoms with Crippen molar-refractivity contribution in [3.63, 3.8) is 0 Å². The lowest BCUT2D eigenvalue weighted by atomic mass is 10.2. The molecule has 100 valence electrons. The Balaban J connectivity index is 2.77. The van der Waals surface area contributed by atoms with Gasteiger partial charge in [0.2, 0.25) is 0 Å². The van der Waals surface area contributed by atoms with E-state index in [0.29, 0.717) is 4.47 Å². The van der Waals surface area contributed by atoms with Crippen LogP contribution in [-0.4, -0.2) is 32.4 Å². The Bertz CT molecular complexity index is 559. The van der Waals surface area contributed by atoms with Gasteiger partial charge in [-0.2, -0.15) is 0 Å². The van der Waals surface area contributed by atoms with Crippen LogP contribution in [0.25, 0.3) is 0 Å². The molecule has 0 fully saturated rings. The molecule has 0 radical (unpaired) electrons. The van der Waals surface area contributed by atoms with Gasteiger partial charge in [0.15, 0.2) is 0 Å². The highest BCUT2D eigenvalue weighted by atomic mass is 79.9. The Labute approximate surface area is 114 Å². The van der Waals surface area contributed by atoms with Crippen molar-refractivity contribution in [2.24, 2.45) is 0 Å². The Morgan fingerprint density at radius 2 is 2.11 bits per heavy atom. The number of benzene rings is 1. The SMILES string of the molecule is CC(CS(C)(=O)=O)NC(=O)c1ccc(F)cc1Br. The van der Waals surface area contributed by atoms with Crippen LogP contribution in [0.4, 0.5) is 4.39 Å². The van der Waals surface area contributed by atoms with Crippen LogP contribution in [0.2, 0.25) is 0 Å². The first kappa shape index (κ1) is 15.1. The molecule has 1 amide bonds. The largest absolute Gasteiger partial charge is 0.349 e. The zero-order chi connectivity index (χ0) is 13.9. The molecular formula is C11H13BrFNO3S. The monoisotopic (exact) mass is 337 g/mol. The third kappa shape index (κ3) is 4.73. The maximum Gasteiger partial charge on any atom is 0.252 e. The average molecular weight is 338 g/mol. The molecule has 0 bridgehead atoms. The topological polar surface area (TPSA) is 63.2 Å². The van der Waals surface area contributed by atoms with Crippen LogP contribution in [0.5, 0.6) is 0 Å². The summed E-state index contributed by atoms with van der Waals surface area (Å²) >= 11 is 3.08. The smallest absolute Gasteiger partial charge is 0.252 e. The van der Waals surface area contributed by atoms with Gasteiger partial charge in [-0.25, -0.2) is 12.8 Å². The summed E-state index contributed by atoms with van der Waals surface area (Å²) in [6.07, 6.45) is 1.10. The molecule has 1 rings (SSSR count). The lowest BCUT2D eigenvalue weighted by Crippen LogP contribution is -2.37. The van der Waals surface area contributed by atoms with E-state index in [-0.39, 0.29) is 11.3 Å². The molecule has 18 heavy (non-hydrogen) atoms. The number of sulfone groups is 1. The van der Waals surface area contributed by atoms with E-state index in [1.807, 2.05) is 0 Å². The fourth-order valence-corrected chi connectivity index (χ4v) is 2.99. The second-order valence-electron chi connectivity index (χ2n) is 4.09. The van der Waals surface area contributed by atoms with E-state index in [1.165, 1.54) is 18.2 Å². The van der Waals surface area contributed by atoms with Gasteiger partial charge in [0.05, 0.1) is 11.3 Å². The van der Waals surface area contributed by atoms with Gasteiger partial charge in [0.1, 0.15) is 15.7 Å². The number of hydrogen-bond donors (Lipinski definition) is 1. The van der Waals surface area contributed by atoms with Gasteiger partial charge in [-0.3, -0.25) is 4.79 Å². The van der Waals surface area contributed by atoms with E-state index in [9.17, 15) is 17.6 Å². The van der Waals surface area contributed by atoms with Crippen molar-refractivity contribution < 1.29 is 17.6 Å². The molecule has 0 aliphatic carbocycles. The number of carbonyl (C=O) groups excluding carboxylic acids is 1. The lowest BCUT2D eigenvalue weighted by Gasteiger charge is -2.13. The summed E-state index contributed by atoms with van der Waals surface area (Å²) in [6.45, 7) is 1.59. The van der Waals surface area contributed by atoms with Gasteiger partial charge >= 0.3 is 0 Å². The highest BCUT2D eigenvalue weighted by molar-refractivity contribution is 9.10. The van der Waals surface area contributed by atoms with Crippen molar-refractivity contribution in [3.8, 4) is 0 Å². The minimum absolute atomic E-state index is 0.141. The second kappa shape index (κ2) is 5.79. The standard InChI is InChI=1S/C11H13BrFNO3S/c1-7(6-18(2,16)17)14-11(15)9-4-3-8(13)5-10(9)12/h3-5,7H,6H2,1-2H3,(H,14,15). The van der Waals surface area contributed by atoms with Crippen LogP contribution in [0.3, 0.4) is 0 Å². The van der Waals surface area contributed by atoms with Crippen LogP contribution in [0.1, 0.15) is 17.3 Å². The molecular weight excluding hydrogens is 325 g/mol. The first-order valence-corrected chi connectivity index (χ1v) is 7.98. The maximum atomic E-state index is 12.9. The van der Waals surface area contributed by atoms with Gasteiger partial charge in [0.25, 0.3) is 5.91 Å². The number of nitrogens with one attached hydrogen (secondary N) is 1. The Kier molecular flexibility index (Phi) is 4.86. The first-order chi connectivity index (χ1) is 8.19. The molecule has 0 aliphatic heterocycles. The molecule has 4 nitrogen and oxygen atoms in total. The average Bonchev–Trinajstić information content (AvgIpc) is 2.13. The summed E-state index contributed by atoms with van der Waals surface area (Å²) < 4.78 is 35.3. The number of carbonyl (C=O) groups is 1. The van der Waals surface area contributed by atoms with Gasteiger partial charge in [-0.1, -0.05) is 0 Å². The summed E-state index contributed by atoms with van der Waals surface area (Å²) in [7, 11) is -3.15. The summed E-state index contributed by atoms with van der Waals surface area (Å²) in [5, 5.41) is 2.54. The van der Waals surface area contributed by atoms with Crippen molar-refractivity contribution in [1.29, 1.82) is 0 Å². The zero-order valence-electron chi connectivity index (χ0n) is 9.91. The molecule has 0 spiro atoms. The predicted octanol–water partition coefficient (Wildman–Crippen LogP) is 1.75. The Morgan fingerprint density at radius 1 is 1.50 bits per heavy atom. The molecule has 1 unspecified atom stereocenters. The molecule has 1 aromatic carbocycles. The summed E-state index contributed by atoms with van der Waals surface area (Å²) in [4.78, 5) is 11.8. The summed E-state index contributed by atoms with van der Waals surface area (Å²) in [5.41, 5.74) is 0.261. The van der Waals surface area contributed by atoms with Gasteiger partial charge in [-0.05, 0) is 41.1 Å². The predicted molar refractivity (Wildman–Crippen MR) is 70.7 cm³/mol. The van der Waals surface area contributed by atoms with Crippen molar-refractivity contribution in [2.45, 2.75) is 13.0 Å². The molecule has 0 heterocycles. The van der Waals surface area contributed by atoms with Crippen molar-refractivity contribution in [2.75, 3.05) is 12.0 Å². The summed E-state index contributed by atoms with van der Waals surface area (Å²) in [6, 6.07) is 3.17. The van der Waals surface area contributed by atoms with Crippen molar-refractivity contribution in [1.82, 2.24) is 5.32 Å². The molecule has 7 heteroatoms. The molecule has 0 saturated heterocycles. The second-order valence-corrected chi connectivity index (χ2v) is 7.13. The molecule has 0 saturated carbocycles. The Morgan fingerprint density at radius 3 is 2.61 bits per heavy atom. The number of hydrogen-bond acceptors (Lipinski definition) is 3. The molecule has 1 N–H and O–H groups in total. The molecule has 1 atom stereocenters. The molecule has 1 aromatic rings. The maximum absolute atomic E-state index is 12.9. The van der Waals surface area contributed by atoms with E-state index in [4.69, 9.17) is 0 Å². The highest BCUT2D eigenvalue weighted by Crippen LogP contribution is 2.18. The fourth-order valence-electron chi connectivity index (χ4n) is 1.47. The quantitative estimate of drug-likeness (QED) is 0.910. The van der Waals surface area contributed by atoms with E-state index >= 15 is 0 Å². The number of rotatable bonds is 4. The molecule has 0 aliphatic rings. The third-order valence-electron chi connectivity index (χ3n) is 2.11. The number of halogens is 2. The van der Waals surface area contributed by atoms with Gasteiger partial charge in [-0.15, -0.1) is 0 Å². The van der Waals surface area contributed by atoms with E-state index in [2.05, 4.69) is 21.2 Å². The van der Waals surface area contributed by atoms with Crippen molar-refractivity contribution in [3.05, 3.63) is 34.1 Å². The zero-order valence-corrected chi connectivity index (χ0v) is 12.3. The fraction of sp³-hybridized carbons (Fsp3) is 0.364. The van der Waals surface area contributed by atoms with Crippen LogP contribution in [-0.2, 0) is 9.84 Å². The third-order valence-corrected chi connectivity index (χ3v) is 3.87. The lowest BCUT2D eigenvalue weighted by molar-refractivity contribution is 0.0943. The van der Waals surface area contributed by atoms with E-state index in [1.54, 1.807) is 6.92 Å².